The highest BCUT2D eigenvalue weighted by Crippen LogP contribution is 2.45. The summed E-state index contributed by atoms with van der Waals surface area (Å²) < 4.78 is 2.36. The molecule has 1 heterocycles. The van der Waals surface area contributed by atoms with E-state index < -0.39 is 0 Å². The quantitative estimate of drug-likeness (QED) is 0.166. The van der Waals surface area contributed by atoms with Gasteiger partial charge < -0.3 is 9.47 Å². The van der Waals surface area contributed by atoms with Crippen LogP contribution in [0.25, 0.3) is 66.3 Å². The maximum Gasteiger partial charge on any atom is 0.0568 e. The van der Waals surface area contributed by atoms with Gasteiger partial charge in [0, 0.05) is 40.6 Å². The summed E-state index contributed by atoms with van der Waals surface area (Å²) in [7, 11) is 2.19. The Bertz CT molecular complexity index is 2500. The topological polar surface area (TPSA) is 8.17 Å². The monoisotopic (exact) mass is 652 g/mol. The van der Waals surface area contributed by atoms with E-state index in [2.05, 4.69) is 217 Å². The van der Waals surface area contributed by atoms with Gasteiger partial charge in [0.25, 0.3) is 0 Å². The Balaban J connectivity index is 1.18. The standard InChI is InChI=1S/C49H36N2/c1-50-46-34-27-39-17-11-12-20-45(39)48(46)47(49(50)41-18-9-4-10-19-41)40-25-32-44(33-26-40)51(42-28-21-37(22-29-42)35-13-5-2-6-14-35)43-30-23-38(24-31-43)36-15-7-3-8-16-36/h2-34H,1H3. The molecule has 0 aliphatic heterocycles. The van der Waals surface area contributed by atoms with Crippen LogP contribution in [0.5, 0.6) is 0 Å². The Morgan fingerprint density at radius 1 is 0.353 bits per heavy atom. The van der Waals surface area contributed by atoms with Gasteiger partial charge in [-0.2, -0.15) is 0 Å². The van der Waals surface area contributed by atoms with E-state index in [-0.39, 0.29) is 0 Å². The summed E-state index contributed by atoms with van der Waals surface area (Å²) >= 11 is 0. The Labute approximate surface area is 299 Å². The molecule has 2 nitrogen and oxygen atoms in total. The maximum atomic E-state index is 2.36. The van der Waals surface area contributed by atoms with Crippen molar-refractivity contribution in [2.45, 2.75) is 0 Å². The molecule has 0 fully saturated rings. The molecule has 0 spiro atoms. The first kappa shape index (κ1) is 30.4. The Morgan fingerprint density at radius 2 is 0.765 bits per heavy atom. The highest BCUT2D eigenvalue weighted by Gasteiger charge is 2.21. The van der Waals surface area contributed by atoms with Crippen LogP contribution in [0.3, 0.4) is 0 Å². The van der Waals surface area contributed by atoms with Gasteiger partial charge in [0.05, 0.1) is 5.69 Å². The van der Waals surface area contributed by atoms with Gasteiger partial charge in [-0.15, -0.1) is 0 Å². The lowest BCUT2D eigenvalue weighted by molar-refractivity contribution is 0.979. The molecule has 9 rings (SSSR count). The molecule has 0 radical (unpaired) electrons. The van der Waals surface area contributed by atoms with E-state index in [9.17, 15) is 0 Å². The van der Waals surface area contributed by atoms with Crippen molar-refractivity contribution in [3.63, 3.8) is 0 Å². The molecule has 0 saturated carbocycles. The summed E-state index contributed by atoms with van der Waals surface area (Å²) in [6.07, 6.45) is 0. The average molecular weight is 653 g/mol. The smallest absolute Gasteiger partial charge is 0.0568 e. The first-order valence-electron chi connectivity index (χ1n) is 17.5. The Morgan fingerprint density at radius 3 is 1.27 bits per heavy atom. The minimum atomic E-state index is 1.10. The summed E-state index contributed by atoms with van der Waals surface area (Å²) in [6, 6.07) is 72.1. The van der Waals surface area contributed by atoms with Crippen LogP contribution in [0.4, 0.5) is 17.1 Å². The summed E-state index contributed by atoms with van der Waals surface area (Å²) in [5.74, 6) is 0. The minimum absolute atomic E-state index is 1.10. The maximum absolute atomic E-state index is 2.36. The van der Waals surface area contributed by atoms with Crippen LogP contribution < -0.4 is 4.90 Å². The van der Waals surface area contributed by atoms with Crippen LogP contribution in [0.2, 0.25) is 0 Å². The van der Waals surface area contributed by atoms with Crippen molar-refractivity contribution < 1.29 is 0 Å². The lowest BCUT2D eigenvalue weighted by Crippen LogP contribution is -2.09. The van der Waals surface area contributed by atoms with E-state index in [4.69, 9.17) is 0 Å². The Hall–Kier alpha value is -6.64. The molecule has 2 heteroatoms. The van der Waals surface area contributed by atoms with Gasteiger partial charge in [0.1, 0.15) is 0 Å². The SMILES string of the molecule is Cn1c(-c2ccccc2)c(-c2ccc(N(c3ccc(-c4ccccc4)cc3)c3ccc(-c4ccccc4)cc3)cc2)c2c3ccccc3ccc21. The number of hydrogen-bond acceptors (Lipinski definition) is 1. The fraction of sp³-hybridized carbons (Fsp3) is 0.0204. The molecule has 0 atom stereocenters. The van der Waals surface area contributed by atoms with Crippen LogP contribution in [-0.4, -0.2) is 4.57 Å². The second kappa shape index (κ2) is 13.0. The molecule has 9 aromatic rings. The van der Waals surface area contributed by atoms with E-state index in [1.807, 2.05) is 0 Å². The fourth-order valence-electron chi connectivity index (χ4n) is 7.52. The third-order valence-electron chi connectivity index (χ3n) is 10.0. The van der Waals surface area contributed by atoms with Crippen LogP contribution in [0.1, 0.15) is 0 Å². The van der Waals surface area contributed by atoms with Crippen LogP contribution in [-0.2, 0) is 7.05 Å². The zero-order valence-electron chi connectivity index (χ0n) is 28.4. The summed E-state index contributed by atoms with van der Waals surface area (Å²) in [6.45, 7) is 0. The minimum Gasteiger partial charge on any atom is -0.343 e. The highest BCUT2D eigenvalue weighted by atomic mass is 15.1. The van der Waals surface area contributed by atoms with E-state index in [0.717, 1.165) is 17.1 Å². The molecule has 0 bridgehead atoms. The van der Waals surface area contributed by atoms with Crippen molar-refractivity contribution in [2.24, 2.45) is 7.05 Å². The van der Waals surface area contributed by atoms with Crippen molar-refractivity contribution >= 4 is 38.7 Å². The molecule has 0 aliphatic carbocycles. The average Bonchev–Trinajstić information content (AvgIpc) is 3.52. The zero-order valence-corrected chi connectivity index (χ0v) is 28.4. The molecule has 0 amide bonds. The number of benzene rings is 8. The van der Waals surface area contributed by atoms with Gasteiger partial charge in [0.2, 0.25) is 0 Å². The third-order valence-corrected chi connectivity index (χ3v) is 10.0. The molecule has 0 aliphatic rings. The number of fused-ring (bicyclic) bond motifs is 3. The predicted molar refractivity (Wildman–Crippen MR) is 217 cm³/mol. The number of nitrogens with zero attached hydrogens (tertiary/aromatic N) is 2. The van der Waals surface area contributed by atoms with Crippen molar-refractivity contribution in [2.75, 3.05) is 4.90 Å². The first-order chi connectivity index (χ1) is 25.2. The second-order valence-electron chi connectivity index (χ2n) is 13.0. The van der Waals surface area contributed by atoms with Crippen LogP contribution in [0.15, 0.2) is 200 Å². The molecule has 51 heavy (non-hydrogen) atoms. The number of aryl methyl sites for hydroxylation is 1. The molecule has 0 saturated heterocycles. The molecule has 242 valence electrons. The van der Waals surface area contributed by atoms with E-state index in [1.165, 1.54) is 66.3 Å². The number of rotatable bonds is 7. The van der Waals surface area contributed by atoms with Crippen LogP contribution in [0, 0.1) is 0 Å². The summed E-state index contributed by atoms with van der Waals surface area (Å²) in [5.41, 5.74) is 14.2. The van der Waals surface area contributed by atoms with E-state index >= 15 is 0 Å². The lowest BCUT2D eigenvalue weighted by atomic mass is 9.95. The largest absolute Gasteiger partial charge is 0.343 e. The summed E-state index contributed by atoms with van der Waals surface area (Å²) in [5, 5.41) is 3.80. The third kappa shape index (κ3) is 5.57. The molecular weight excluding hydrogens is 617 g/mol. The molecule has 0 unspecified atom stereocenters. The normalized spacial score (nSPS) is 11.2. The predicted octanol–water partition coefficient (Wildman–Crippen LogP) is 13.5. The molecule has 8 aromatic carbocycles. The van der Waals surface area contributed by atoms with E-state index in [1.54, 1.807) is 0 Å². The molecule has 0 N–H and O–H groups in total. The zero-order chi connectivity index (χ0) is 34.1. The van der Waals surface area contributed by atoms with Crippen molar-refractivity contribution in [3.05, 3.63) is 200 Å². The van der Waals surface area contributed by atoms with Gasteiger partial charge >= 0.3 is 0 Å². The number of aromatic nitrogens is 1. The lowest BCUT2D eigenvalue weighted by Gasteiger charge is -2.26. The van der Waals surface area contributed by atoms with E-state index in [0.29, 0.717) is 0 Å². The van der Waals surface area contributed by atoms with Crippen molar-refractivity contribution in [1.29, 1.82) is 0 Å². The van der Waals surface area contributed by atoms with Gasteiger partial charge in [-0.3, -0.25) is 0 Å². The Kier molecular flexibility index (Phi) is 7.75. The number of hydrogen-bond donors (Lipinski definition) is 0. The molecule has 1 aromatic heterocycles. The number of anilines is 3. The van der Waals surface area contributed by atoms with Gasteiger partial charge in [-0.1, -0.05) is 158 Å². The second-order valence-corrected chi connectivity index (χ2v) is 13.0. The van der Waals surface area contributed by atoms with Gasteiger partial charge in [-0.25, -0.2) is 0 Å². The van der Waals surface area contributed by atoms with Gasteiger partial charge in [0.15, 0.2) is 0 Å². The fourth-order valence-corrected chi connectivity index (χ4v) is 7.52. The van der Waals surface area contributed by atoms with Crippen molar-refractivity contribution in [1.82, 2.24) is 4.57 Å². The first-order valence-corrected chi connectivity index (χ1v) is 17.5. The molecular formula is C49H36N2. The highest BCUT2D eigenvalue weighted by molar-refractivity contribution is 6.17. The van der Waals surface area contributed by atoms with Crippen LogP contribution >= 0.6 is 0 Å². The summed E-state index contributed by atoms with van der Waals surface area (Å²) in [4.78, 5) is 2.35. The van der Waals surface area contributed by atoms with Crippen molar-refractivity contribution in [3.8, 4) is 44.6 Å². The van der Waals surface area contributed by atoms with Gasteiger partial charge in [-0.05, 0) is 86.6 Å².